The summed E-state index contributed by atoms with van der Waals surface area (Å²) in [4.78, 5) is 46.9. The first-order valence-corrected chi connectivity index (χ1v) is 10.6. The summed E-state index contributed by atoms with van der Waals surface area (Å²) in [6, 6.07) is 7.56. The Bertz CT molecular complexity index is 1050. The molecule has 0 spiro atoms. The lowest BCUT2D eigenvalue weighted by molar-refractivity contribution is -0.159. The van der Waals surface area contributed by atoms with Gasteiger partial charge in [0.1, 0.15) is 0 Å². The van der Waals surface area contributed by atoms with E-state index in [4.69, 9.17) is 34.7 Å². The number of carboxylic acid groups (broad SMARTS) is 1. The van der Waals surface area contributed by atoms with Crippen LogP contribution < -0.4 is 16.8 Å². The number of nitrogens with zero attached hydrogens (tertiary/aromatic N) is 3. The fourth-order valence-corrected chi connectivity index (χ4v) is 3.53. The molecule has 0 saturated heterocycles. The molecule has 0 aliphatic heterocycles. The molecule has 0 aliphatic carbocycles. The number of nitrogens with one attached hydrogen (secondary N) is 1. The Hall–Kier alpha value is -3.21. The highest BCUT2D eigenvalue weighted by Gasteiger charge is 2.48. The first-order chi connectivity index (χ1) is 15.6. The molecule has 1 heterocycles. The van der Waals surface area contributed by atoms with Crippen molar-refractivity contribution in [3.05, 3.63) is 63.9 Å². The molecule has 0 fully saturated rings. The largest absolute Gasteiger partial charge is 0.478 e. The van der Waals surface area contributed by atoms with E-state index >= 15 is 0 Å². The van der Waals surface area contributed by atoms with Crippen molar-refractivity contribution in [3.63, 3.8) is 0 Å². The number of pyridine rings is 1. The van der Waals surface area contributed by atoms with Gasteiger partial charge in [0.05, 0.1) is 10.0 Å². The second-order valence-electron chi connectivity index (χ2n) is 7.07. The van der Waals surface area contributed by atoms with Crippen LogP contribution in [-0.2, 0) is 16.1 Å². The van der Waals surface area contributed by atoms with E-state index in [-0.39, 0.29) is 42.5 Å². The van der Waals surface area contributed by atoms with Crippen molar-refractivity contribution >= 4 is 46.9 Å². The number of halogens is 2. The van der Waals surface area contributed by atoms with Gasteiger partial charge in [-0.25, -0.2) is 9.69 Å². The highest BCUT2D eigenvalue weighted by Crippen LogP contribution is 2.26. The maximum Gasteiger partial charge on any atom is 0.345 e. The Kier molecular flexibility index (Phi) is 9.15. The SMILES string of the molecule is CC(=O)N(C(=O)c1ccncc1)[C@](CCCN=C(N)N)(NCc1ccc(Cl)c(Cl)c1)C(=O)O. The third-order valence-corrected chi connectivity index (χ3v) is 5.48. The van der Waals surface area contributed by atoms with Gasteiger partial charge in [-0.2, -0.15) is 0 Å². The molecule has 0 bridgehead atoms. The summed E-state index contributed by atoms with van der Waals surface area (Å²) in [5.74, 6) is -3.14. The van der Waals surface area contributed by atoms with E-state index in [9.17, 15) is 19.5 Å². The topological polar surface area (TPSA) is 164 Å². The zero-order valence-electron chi connectivity index (χ0n) is 17.8. The number of benzene rings is 1. The van der Waals surface area contributed by atoms with Gasteiger partial charge >= 0.3 is 5.97 Å². The Labute approximate surface area is 200 Å². The molecule has 0 aliphatic rings. The van der Waals surface area contributed by atoms with Crippen molar-refractivity contribution in [1.82, 2.24) is 15.2 Å². The highest BCUT2D eigenvalue weighted by atomic mass is 35.5. The molecule has 1 aromatic carbocycles. The predicted molar refractivity (Wildman–Crippen MR) is 125 cm³/mol. The lowest BCUT2D eigenvalue weighted by atomic mass is 9.98. The van der Waals surface area contributed by atoms with Crippen LogP contribution in [0.1, 0.15) is 35.7 Å². The van der Waals surface area contributed by atoms with Gasteiger partial charge in [0.2, 0.25) is 11.6 Å². The molecule has 2 aromatic rings. The maximum atomic E-state index is 13.3. The minimum Gasteiger partial charge on any atom is -0.478 e. The van der Waals surface area contributed by atoms with Gasteiger partial charge in [0, 0.05) is 38.0 Å². The normalized spacial score (nSPS) is 12.5. The highest BCUT2D eigenvalue weighted by molar-refractivity contribution is 6.42. The van der Waals surface area contributed by atoms with Gasteiger partial charge in [-0.3, -0.25) is 24.9 Å². The second kappa shape index (κ2) is 11.6. The fourth-order valence-electron chi connectivity index (χ4n) is 3.21. The Morgan fingerprint density at radius 3 is 2.36 bits per heavy atom. The zero-order valence-corrected chi connectivity index (χ0v) is 19.3. The zero-order chi connectivity index (χ0) is 24.6. The number of aliphatic carboxylic acids is 1. The molecule has 33 heavy (non-hydrogen) atoms. The molecule has 0 saturated carbocycles. The van der Waals surface area contributed by atoms with Crippen LogP contribution in [0.15, 0.2) is 47.7 Å². The molecule has 176 valence electrons. The molecule has 10 nitrogen and oxygen atoms in total. The Morgan fingerprint density at radius 2 is 1.82 bits per heavy atom. The van der Waals surface area contributed by atoms with Crippen LogP contribution in [0.4, 0.5) is 0 Å². The van der Waals surface area contributed by atoms with Crippen LogP contribution in [-0.4, -0.2) is 50.9 Å². The van der Waals surface area contributed by atoms with Crippen LogP contribution in [0.2, 0.25) is 10.0 Å². The van der Waals surface area contributed by atoms with Crippen molar-refractivity contribution in [1.29, 1.82) is 0 Å². The summed E-state index contributed by atoms with van der Waals surface area (Å²) in [5.41, 5.74) is 9.29. The molecule has 6 N–H and O–H groups in total. The Balaban J connectivity index is 2.49. The van der Waals surface area contributed by atoms with Crippen molar-refractivity contribution in [2.75, 3.05) is 6.54 Å². The second-order valence-corrected chi connectivity index (χ2v) is 7.89. The summed E-state index contributed by atoms with van der Waals surface area (Å²) in [6.45, 7) is 1.19. The smallest absolute Gasteiger partial charge is 0.345 e. The molecule has 2 rings (SSSR count). The minimum absolute atomic E-state index is 0.0289. The summed E-state index contributed by atoms with van der Waals surface area (Å²) in [6.07, 6.45) is 2.73. The number of rotatable bonds is 10. The number of aromatic nitrogens is 1. The van der Waals surface area contributed by atoms with E-state index in [0.717, 1.165) is 6.92 Å². The number of amides is 2. The van der Waals surface area contributed by atoms with E-state index in [0.29, 0.717) is 15.5 Å². The maximum absolute atomic E-state index is 13.3. The van der Waals surface area contributed by atoms with E-state index in [1.165, 1.54) is 24.5 Å². The van der Waals surface area contributed by atoms with Crippen LogP contribution in [0.3, 0.4) is 0 Å². The monoisotopic (exact) mass is 494 g/mol. The molecule has 12 heteroatoms. The molecular weight excluding hydrogens is 471 g/mol. The van der Waals surface area contributed by atoms with Crippen molar-refractivity contribution in [2.45, 2.75) is 32.0 Å². The van der Waals surface area contributed by atoms with Gasteiger partial charge in [-0.15, -0.1) is 0 Å². The van der Waals surface area contributed by atoms with E-state index < -0.39 is 23.4 Å². The summed E-state index contributed by atoms with van der Waals surface area (Å²) in [7, 11) is 0. The van der Waals surface area contributed by atoms with Gasteiger partial charge in [-0.1, -0.05) is 29.3 Å². The van der Waals surface area contributed by atoms with Crippen LogP contribution in [0.5, 0.6) is 0 Å². The minimum atomic E-state index is -2.10. The number of carbonyl (C=O) groups excluding carboxylic acids is 2. The summed E-state index contributed by atoms with van der Waals surface area (Å²) >= 11 is 12.0. The quantitative estimate of drug-likeness (QED) is 0.168. The van der Waals surface area contributed by atoms with Crippen molar-refractivity contribution in [3.8, 4) is 0 Å². The van der Waals surface area contributed by atoms with Gasteiger partial charge in [0.15, 0.2) is 5.96 Å². The van der Waals surface area contributed by atoms with Crippen LogP contribution in [0.25, 0.3) is 0 Å². The summed E-state index contributed by atoms with van der Waals surface area (Å²) < 4.78 is 0. The molecule has 1 aromatic heterocycles. The first kappa shape index (κ1) is 26.0. The van der Waals surface area contributed by atoms with Crippen LogP contribution >= 0.6 is 23.2 Å². The van der Waals surface area contributed by atoms with Crippen LogP contribution in [0, 0.1) is 0 Å². The van der Waals surface area contributed by atoms with E-state index in [1.807, 2.05) is 0 Å². The van der Waals surface area contributed by atoms with Gasteiger partial charge in [-0.05, 0) is 42.7 Å². The van der Waals surface area contributed by atoms with Crippen molar-refractivity contribution in [2.24, 2.45) is 16.5 Å². The number of carbonyl (C=O) groups is 3. The summed E-state index contributed by atoms with van der Waals surface area (Å²) in [5, 5.41) is 13.8. The predicted octanol–water partition coefficient (Wildman–Crippen LogP) is 2.00. The fraction of sp³-hybridized carbons (Fsp3) is 0.286. The molecule has 2 amide bonds. The lowest BCUT2D eigenvalue weighted by Gasteiger charge is -2.39. The number of carboxylic acids is 1. The average molecular weight is 495 g/mol. The number of nitrogens with two attached hydrogens (primary N) is 2. The Morgan fingerprint density at radius 1 is 1.15 bits per heavy atom. The molecule has 0 unspecified atom stereocenters. The third-order valence-electron chi connectivity index (χ3n) is 4.74. The lowest BCUT2D eigenvalue weighted by Crippen LogP contribution is -2.67. The molecular formula is C21H24Cl2N6O4. The number of hydrogen-bond donors (Lipinski definition) is 4. The average Bonchev–Trinajstić information content (AvgIpc) is 2.76. The number of aliphatic imine (C=N–C) groups is 1. The molecule has 0 radical (unpaired) electrons. The van der Waals surface area contributed by atoms with Crippen molar-refractivity contribution < 1.29 is 19.5 Å². The molecule has 1 atom stereocenters. The number of imide groups is 1. The standard InChI is InChI=1S/C21H24Cl2N6O4/c1-13(30)29(18(31)15-5-9-26-10-6-15)21(19(32)33,7-2-8-27-20(24)25)28-12-14-3-4-16(22)17(23)11-14/h3-6,9-11,28H,2,7-8,12H2,1H3,(H,32,33)(H4,24,25,27)/t21-/m0/s1. The van der Waals surface area contributed by atoms with Gasteiger partial charge < -0.3 is 16.6 Å². The first-order valence-electron chi connectivity index (χ1n) is 9.81. The van der Waals surface area contributed by atoms with Gasteiger partial charge in [0.25, 0.3) is 5.91 Å². The van der Waals surface area contributed by atoms with E-state index in [1.54, 1.807) is 18.2 Å². The van der Waals surface area contributed by atoms with E-state index in [2.05, 4.69) is 15.3 Å². The number of hydrogen-bond acceptors (Lipinski definition) is 6. The third kappa shape index (κ3) is 6.64. The number of guanidine groups is 1.